The van der Waals surface area contributed by atoms with Crippen molar-refractivity contribution in [1.82, 2.24) is 4.90 Å². The maximum absolute atomic E-state index is 10.8. The summed E-state index contributed by atoms with van der Waals surface area (Å²) < 4.78 is 0. The lowest BCUT2D eigenvalue weighted by Gasteiger charge is -2.34. The predicted molar refractivity (Wildman–Crippen MR) is 74.4 cm³/mol. The molecule has 4 heteroatoms. The summed E-state index contributed by atoms with van der Waals surface area (Å²) in [6.45, 7) is 4.15. The first-order valence-electron chi connectivity index (χ1n) is 6.17. The maximum Gasteiger partial charge on any atom is 0.241 e. The number of nitrogens with zero attached hydrogens (tertiary/aromatic N) is 2. The molecule has 0 spiro atoms. The maximum atomic E-state index is 10.8. The molecule has 0 atom stereocenters. The fourth-order valence-electron chi connectivity index (χ4n) is 2.14. The Morgan fingerprint density at radius 3 is 2.56 bits per heavy atom. The van der Waals surface area contributed by atoms with Crippen LogP contribution in [0.5, 0.6) is 0 Å². The molecule has 1 amide bonds. The van der Waals surface area contributed by atoms with Gasteiger partial charge in [0.25, 0.3) is 0 Å². The van der Waals surface area contributed by atoms with Gasteiger partial charge in [-0.05, 0) is 24.8 Å². The van der Waals surface area contributed by atoms with E-state index >= 15 is 0 Å². The summed E-state index contributed by atoms with van der Waals surface area (Å²) in [5, 5.41) is 0. The third kappa shape index (κ3) is 3.11. The molecule has 96 valence electrons. The molecule has 0 bridgehead atoms. The second-order valence-electron chi connectivity index (χ2n) is 4.58. The average molecular weight is 245 g/mol. The van der Waals surface area contributed by atoms with Crippen LogP contribution in [0.3, 0.4) is 0 Å². The van der Waals surface area contributed by atoms with Crippen molar-refractivity contribution >= 4 is 17.7 Å². The Morgan fingerprint density at radius 1 is 1.22 bits per heavy atom. The van der Waals surface area contributed by atoms with Crippen LogP contribution in [0.2, 0.25) is 0 Å². The Hall–Kier alpha value is -1.81. The number of carbonyl (C=O) groups excluding carboxylic acids is 1. The first-order valence-corrected chi connectivity index (χ1v) is 6.17. The summed E-state index contributed by atoms with van der Waals surface area (Å²) >= 11 is 0. The largest absolute Gasteiger partial charge is 0.368 e. The van der Waals surface area contributed by atoms with Gasteiger partial charge in [0.05, 0.1) is 0 Å². The van der Waals surface area contributed by atoms with Crippen molar-refractivity contribution in [3.63, 3.8) is 0 Å². The zero-order valence-electron chi connectivity index (χ0n) is 10.7. The first-order chi connectivity index (χ1) is 8.66. The van der Waals surface area contributed by atoms with Crippen molar-refractivity contribution in [3.8, 4) is 0 Å². The topological polar surface area (TPSA) is 49.6 Å². The second-order valence-corrected chi connectivity index (χ2v) is 4.58. The van der Waals surface area contributed by atoms with Crippen LogP contribution in [-0.4, -0.2) is 44.0 Å². The highest BCUT2D eigenvalue weighted by atomic mass is 16.1. The molecule has 0 saturated carbocycles. The van der Waals surface area contributed by atoms with Crippen LogP contribution in [0.25, 0.3) is 6.08 Å². The molecular weight excluding hydrogens is 226 g/mol. The van der Waals surface area contributed by atoms with E-state index in [0.717, 1.165) is 31.7 Å². The molecular formula is C14H19N3O. The summed E-state index contributed by atoms with van der Waals surface area (Å²) in [6, 6.07) is 8.09. The smallest absolute Gasteiger partial charge is 0.241 e. The Morgan fingerprint density at radius 2 is 1.89 bits per heavy atom. The zero-order valence-corrected chi connectivity index (χ0v) is 10.7. The third-order valence-corrected chi connectivity index (χ3v) is 3.21. The van der Waals surface area contributed by atoms with E-state index in [4.69, 9.17) is 5.73 Å². The van der Waals surface area contributed by atoms with Crippen molar-refractivity contribution in [3.05, 3.63) is 35.9 Å². The number of para-hydroxylation sites is 1. The highest BCUT2D eigenvalue weighted by molar-refractivity contribution is 5.91. The van der Waals surface area contributed by atoms with E-state index in [0.29, 0.717) is 0 Å². The molecule has 0 aliphatic carbocycles. The Bertz CT molecular complexity index is 448. The fourth-order valence-corrected chi connectivity index (χ4v) is 2.14. The number of rotatable bonds is 3. The van der Waals surface area contributed by atoms with Crippen LogP contribution in [0.1, 0.15) is 5.56 Å². The minimum absolute atomic E-state index is 0.414. The lowest BCUT2D eigenvalue weighted by molar-refractivity contribution is -0.113. The molecule has 1 aliphatic rings. The van der Waals surface area contributed by atoms with Crippen molar-refractivity contribution < 1.29 is 4.79 Å². The third-order valence-electron chi connectivity index (χ3n) is 3.21. The van der Waals surface area contributed by atoms with E-state index in [1.807, 2.05) is 18.2 Å². The van der Waals surface area contributed by atoms with E-state index in [1.54, 1.807) is 6.08 Å². The minimum atomic E-state index is -0.414. The van der Waals surface area contributed by atoms with Gasteiger partial charge in [0.15, 0.2) is 0 Å². The number of hydrogen-bond acceptors (Lipinski definition) is 3. The van der Waals surface area contributed by atoms with Gasteiger partial charge in [-0.15, -0.1) is 0 Å². The van der Waals surface area contributed by atoms with Crippen LogP contribution < -0.4 is 10.6 Å². The van der Waals surface area contributed by atoms with Gasteiger partial charge in [0, 0.05) is 37.9 Å². The molecule has 0 unspecified atom stereocenters. The number of hydrogen-bond donors (Lipinski definition) is 1. The van der Waals surface area contributed by atoms with Crippen molar-refractivity contribution in [1.29, 1.82) is 0 Å². The van der Waals surface area contributed by atoms with Crippen molar-refractivity contribution in [2.75, 3.05) is 38.1 Å². The van der Waals surface area contributed by atoms with E-state index in [9.17, 15) is 4.79 Å². The standard InChI is InChI=1S/C14H19N3O/c1-16-8-10-17(11-9-16)13-5-3-2-4-12(13)6-7-14(15)18/h2-7H,8-11H2,1H3,(H2,15,18)/b7-6+. The second kappa shape index (κ2) is 5.69. The first kappa shape index (κ1) is 12.6. The minimum Gasteiger partial charge on any atom is -0.368 e. The number of benzene rings is 1. The van der Waals surface area contributed by atoms with Gasteiger partial charge in [0.1, 0.15) is 0 Å². The summed E-state index contributed by atoms with van der Waals surface area (Å²) in [6.07, 6.45) is 3.20. The normalized spacial score (nSPS) is 17.3. The number of amides is 1. The molecule has 1 aliphatic heterocycles. The monoisotopic (exact) mass is 245 g/mol. The highest BCUT2D eigenvalue weighted by Gasteiger charge is 2.15. The van der Waals surface area contributed by atoms with Crippen molar-refractivity contribution in [2.45, 2.75) is 0 Å². The summed E-state index contributed by atoms with van der Waals surface area (Å²) in [5.41, 5.74) is 7.35. The zero-order chi connectivity index (χ0) is 13.0. The fraction of sp³-hybridized carbons (Fsp3) is 0.357. The molecule has 2 N–H and O–H groups in total. The number of primary amides is 1. The molecule has 1 aromatic rings. The van der Waals surface area contributed by atoms with Gasteiger partial charge in [0.2, 0.25) is 5.91 Å². The highest BCUT2D eigenvalue weighted by Crippen LogP contribution is 2.22. The number of nitrogens with two attached hydrogens (primary N) is 1. The van der Waals surface area contributed by atoms with E-state index < -0.39 is 5.91 Å². The van der Waals surface area contributed by atoms with Gasteiger partial charge >= 0.3 is 0 Å². The summed E-state index contributed by atoms with van der Waals surface area (Å²) in [4.78, 5) is 15.5. The molecule has 0 aromatic heterocycles. The van der Waals surface area contributed by atoms with Crippen LogP contribution in [-0.2, 0) is 4.79 Å². The summed E-state index contributed by atoms with van der Waals surface area (Å²) in [5.74, 6) is -0.414. The van der Waals surface area contributed by atoms with Crippen LogP contribution in [0.4, 0.5) is 5.69 Å². The SMILES string of the molecule is CN1CCN(c2ccccc2/C=C/C(N)=O)CC1. The molecule has 1 aromatic carbocycles. The molecule has 4 nitrogen and oxygen atoms in total. The van der Waals surface area contributed by atoms with Crippen LogP contribution >= 0.6 is 0 Å². The van der Waals surface area contributed by atoms with Gasteiger partial charge in [-0.25, -0.2) is 0 Å². The molecule has 1 saturated heterocycles. The number of carbonyl (C=O) groups is 1. The Kier molecular flexibility index (Phi) is 3.99. The van der Waals surface area contributed by atoms with Gasteiger partial charge in [-0.1, -0.05) is 18.2 Å². The van der Waals surface area contributed by atoms with E-state index in [2.05, 4.69) is 22.9 Å². The van der Waals surface area contributed by atoms with Crippen molar-refractivity contribution in [2.24, 2.45) is 5.73 Å². The molecule has 2 rings (SSSR count). The molecule has 0 radical (unpaired) electrons. The number of likely N-dealkylation sites (N-methyl/N-ethyl adjacent to an activating group) is 1. The number of piperazine rings is 1. The summed E-state index contributed by atoms with van der Waals surface area (Å²) in [7, 11) is 2.14. The quantitative estimate of drug-likeness (QED) is 0.806. The van der Waals surface area contributed by atoms with Gasteiger partial charge < -0.3 is 15.5 Å². The molecule has 18 heavy (non-hydrogen) atoms. The number of anilines is 1. The molecule has 1 heterocycles. The predicted octanol–water partition coefficient (Wildman–Crippen LogP) is 0.937. The molecule has 1 fully saturated rings. The van der Waals surface area contributed by atoms with Gasteiger partial charge in [-0.3, -0.25) is 4.79 Å². The van der Waals surface area contributed by atoms with Gasteiger partial charge in [-0.2, -0.15) is 0 Å². The average Bonchev–Trinajstić information content (AvgIpc) is 2.38. The van der Waals surface area contributed by atoms with E-state index in [1.165, 1.54) is 11.8 Å². The Labute approximate surface area is 108 Å². The van der Waals surface area contributed by atoms with E-state index in [-0.39, 0.29) is 0 Å². The lowest BCUT2D eigenvalue weighted by Crippen LogP contribution is -2.44. The lowest BCUT2D eigenvalue weighted by atomic mass is 10.1. The van der Waals surface area contributed by atoms with Crippen LogP contribution in [0.15, 0.2) is 30.3 Å². The van der Waals surface area contributed by atoms with Crippen LogP contribution in [0, 0.1) is 0 Å². The Balaban J connectivity index is 2.19.